The lowest BCUT2D eigenvalue weighted by Crippen LogP contribution is -2.28. The number of aliphatic hydroxyl groups is 1. The Bertz CT molecular complexity index is 323. The zero-order chi connectivity index (χ0) is 12.1. The first-order valence-corrected chi connectivity index (χ1v) is 6.62. The zero-order valence-electron chi connectivity index (χ0n) is 10.5. The van der Waals surface area contributed by atoms with Gasteiger partial charge in [0.25, 0.3) is 0 Å². The summed E-state index contributed by atoms with van der Waals surface area (Å²) in [5.74, 6) is 0.613. The second-order valence-corrected chi connectivity index (χ2v) is 5.02. The van der Waals surface area contributed by atoms with E-state index >= 15 is 0 Å². The van der Waals surface area contributed by atoms with Crippen molar-refractivity contribution in [3.8, 4) is 0 Å². The standard InChI is InChI=1S/C15H22O2/c1-12-7-5-6-10-14(12)17-15(11-16)13-8-3-2-4-9-13/h2-4,8-9,12,14-16H,5-7,10-11H2,1H3/t12-,14-,15?/m1/s1. The molecule has 17 heavy (non-hydrogen) atoms. The second kappa shape index (κ2) is 6.18. The van der Waals surface area contributed by atoms with Crippen LogP contribution in [0.1, 0.15) is 44.3 Å². The summed E-state index contributed by atoms with van der Waals surface area (Å²) in [5, 5.41) is 9.47. The minimum Gasteiger partial charge on any atom is -0.393 e. The van der Waals surface area contributed by atoms with Crippen LogP contribution in [0.25, 0.3) is 0 Å². The maximum absolute atomic E-state index is 9.47. The van der Waals surface area contributed by atoms with Crippen LogP contribution in [0.2, 0.25) is 0 Å². The summed E-state index contributed by atoms with van der Waals surface area (Å²) in [7, 11) is 0. The average Bonchev–Trinajstić information content (AvgIpc) is 2.39. The van der Waals surface area contributed by atoms with E-state index in [1.165, 1.54) is 19.3 Å². The molecule has 0 aliphatic heterocycles. The van der Waals surface area contributed by atoms with E-state index in [-0.39, 0.29) is 12.7 Å². The summed E-state index contributed by atoms with van der Waals surface area (Å²) >= 11 is 0. The van der Waals surface area contributed by atoms with E-state index in [1.807, 2.05) is 30.3 Å². The molecule has 1 saturated carbocycles. The lowest BCUT2D eigenvalue weighted by Gasteiger charge is -2.32. The van der Waals surface area contributed by atoms with Crippen LogP contribution in [-0.4, -0.2) is 17.8 Å². The number of hydrogen-bond acceptors (Lipinski definition) is 2. The first-order valence-electron chi connectivity index (χ1n) is 6.62. The van der Waals surface area contributed by atoms with Crippen LogP contribution in [0.5, 0.6) is 0 Å². The van der Waals surface area contributed by atoms with Gasteiger partial charge in [0.1, 0.15) is 6.10 Å². The van der Waals surface area contributed by atoms with Crippen LogP contribution >= 0.6 is 0 Å². The highest BCUT2D eigenvalue weighted by Crippen LogP contribution is 2.30. The maximum atomic E-state index is 9.47. The van der Waals surface area contributed by atoms with E-state index in [9.17, 15) is 5.11 Å². The SMILES string of the molecule is C[C@@H]1CCCC[C@H]1OC(CO)c1ccccc1. The van der Waals surface area contributed by atoms with Crippen LogP contribution in [0.15, 0.2) is 30.3 Å². The van der Waals surface area contributed by atoms with E-state index in [0.717, 1.165) is 12.0 Å². The fourth-order valence-corrected chi connectivity index (χ4v) is 2.59. The number of hydrogen-bond donors (Lipinski definition) is 1. The largest absolute Gasteiger partial charge is 0.393 e. The molecular formula is C15H22O2. The van der Waals surface area contributed by atoms with Gasteiger partial charge in [0.05, 0.1) is 12.7 Å². The third-order valence-corrected chi connectivity index (χ3v) is 3.71. The molecule has 0 spiro atoms. The van der Waals surface area contributed by atoms with Crippen molar-refractivity contribution in [3.63, 3.8) is 0 Å². The lowest BCUT2D eigenvalue weighted by atomic mass is 9.88. The molecule has 1 aromatic carbocycles. The van der Waals surface area contributed by atoms with Gasteiger partial charge in [-0.15, -0.1) is 0 Å². The van der Waals surface area contributed by atoms with Crippen molar-refractivity contribution >= 4 is 0 Å². The summed E-state index contributed by atoms with van der Waals surface area (Å²) in [6, 6.07) is 10.0. The van der Waals surface area contributed by atoms with Gasteiger partial charge in [0, 0.05) is 0 Å². The summed E-state index contributed by atoms with van der Waals surface area (Å²) in [6.45, 7) is 2.32. The molecule has 3 atom stereocenters. The van der Waals surface area contributed by atoms with Gasteiger partial charge in [-0.3, -0.25) is 0 Å². The molecule has 94 valence electrons. The molecule has 1 aromatic rings. The second-order valence-electron chi connectivity index (χ2n) is 5.02. The van der Waals surface area contributed by atoms with Crippen LogP contribution in [0.3, 0.4) is 0 Å². The summed E-state index contributed by atoms with van der Waals surface area (Å²) in [4.78, 5) is 0. The third-order valence-electron chi connectivity index (χ3n) is 3.71. The van der Waals surface area contributed by atoms with Crippen LogP contribution in [0.4, 0.5) is 0 Å². The molecule has 0 saturated heterocycles. The third kappa shape index (κ3) is 3.30. The highest BCUT2D eigenvalue weighted by Gasteiger charge is 2.25. The summed E-state index contributed by atoms with van der Waals surface area (Å²) < 4.78 is 6.09. The van der Waals surface area contributed by atoms with Crippen LogP contribution < -0.4 is 0 Å². The molecule has 2 nitrogen and oxygen atoms in total. The molecule has 0 aromatic heterocycles. The van der Waals surface area contributed by atoms with Crippen molar-refractivity contribution in [1.82, 2.24) is 0 Å². The topological polar surface area (TPSA) is 29.5 Å². The smallest absolute Gasteiger partial charge is 0.106 e. The van der Waals surface area contributed by atoms with Crippen molar-refractivity contribution in [2.75, 3.05) is 6.61 Å². The van der Waals surface area contributed by atoms with Crippen molar-refractivity contribution in [1.29, 1.82) is 0 Å². The highest BCUT2D eigenvalue weighted by atomic mass is 16.5. The summed E-state index contributed by atoms with van der Waals surface area (Å²) in [5.41, 5.74) is 1.08. The molecular weight excluding hydrogens is 212 g/mol. The van der Waals surface area contributed by atoms with Crippen LogP contribution in [0, 0.1) is 5.92 Å². The van der Waals surface area contributed by atoms with Crippen molar-refractivity contribution in [3.05, 3.63) is 35.9 Å². The molecule has 1 fully saturated rings. The van der Waals surface area contributed by atoms with Gasteiger partial charge in [0.2, 0.25) is 0 Å². The number of benzene rings is 1. The molecule has 1 N–H and O–H groups in total. The monoisotopic (exact) mass is 234 g/mol. The Kier molecular flexibility index (Phi) is 4.57. The number of ether oxygens (including phenoxy) is 1. The molecule has 0 amide bonds. The zero-order valence-corrected chi connectivity index (χ0v) is 10.5. The van der Waals surface area contributed by atoms with Crippen molar-refractivity contribution in [2.45, 2.75) is 44.8 Å². The van der Waals surface area contributed by atoms with Crippen molar-refractivity contribution in [2.24, 2.45) is 5.92 Å². The highest BCUT2D eigenvalue weighted by molar-refractivity contribution is 5.17. The average molecular weight is 234 g/mol. The molecule has 2 rings (SSSR count). The van der Waals surface area contributed by atoms with Gasteiger partial charge in [-0.2, -0.15) is 0 Å². The quantitative estimate of drug-likeness (QED) is 0.866. The molecule has 0 radical (unpaired) electrons. The van der Waals surface area contributed by atoms with Gasteiger partial charge >= 0.3 is 0 Å². The minimum absolute atomic E-state index is 0.0627. The van der Waals surface area contributed by atoms with Gasteiger partial charge in [-0.1, -0.05) is 50.1 Å². The molecule has 0 heterocycles. The first kappa shape index (κ1) is 12.6. The Morgan fingerprint density at radius 2 is 1.94 bits per heavy atom. The van der Waals surface area contributed by atoms with E-state index < -0.39 is 0 Å². The van der Waals surface area contributed by atoms with Gasteiger partial charge < -0.3 is 9.84 Å². The van der Waals surface area contributed by atoms with Crippen LogP contribution in [-0.2, 0) is 4.74 Å². The Balaban J connectivity index is 1.99. The first-order chi connectivity index (χ1) is 8.31. The predicted octanol–water partition coefficient (Wildman–Crippen LogP) is 3.32. The van der Waals surface area contributed by atoms with Crippen molar-refractivity contribution < 1.29 is 9.84 Å². The molecule has 0 bridgehead atoms. The number of rotatable bonds is 4. The lowest BCUT2D eigenvalue weighted by molar-refractivity contribution is -0.0766. The molecule has 2 heteroatoms. The van der Waals surface area contributed by atoms with E-state index in [2.05, 4.69) is 6.92 Å². The minimum atomic E-state index is -0.165. The molecule has 1 unspecified atom stereocenters. The predicted molar refractivity (Wildman–Crippen MR) is 68.8 cm³/mol. The normalized spacial score (nSPS) is 26.7. The van der Waals surface area contributed by atoms with Gasteiger partial charge in [-0.05, 0) is 24.3 Å². The fraction of sp³-hybridized carbons (Fsp3) is 0.600. The van der Waals surface area contributed by atoms with Gasteiger partial charge in [0.15, 0.2) is 0 Å². The Morgan fingerprint density at radius 1 is 1.24 bits per heavy atom. The Labute approximate surface area is 104 Å². The van der Waals surface area contributed by atoms with Gasteiger partial charge in [-0.25, -0.2) is 0 Å². The molecule has 1 aliphatic carbocycles. The Morgan fingerprint density at radius 3 is 2.59 bits per heavy atom. The fourth-order valence-electron chi connectivity index (χ4n) is 2.59. The Hall–Kier alpha value is -0.860. The van der Waals surface area contributed by atoms with E-state index in [4.69, 9.17) is 4.74 Å². The summed E-state index contributed by atoms with van der Waals surface area (Å²) in [6.07, 6.45) is 5.09. The van der Waals surface area contributed by atoms with E-state index in [1.54, 1.807) is 0 Å². The maximum Gasteiger partial charge on any atom is 0.106 e. The molecule has 1 aliphatic rings. The van der Waals surface area contributed by atoms with E-state index in [0.29, 0.717) is 12.0 Å². The number of aliphatic hydroxyl groups excluding tert-OH is 1.